The highest BCUT2D eigenvalue weighted by molar-refractivity contribution is 5.81. The molecule has 4 atom stereocenters. The molecule has 6 nitrogen and oxygen atoms in total. The first-order valence-corrected chi connectivity index (χ1v) is 13.1. The summed E-state index contributed by atoms with van der Waals surface area (Å²) in [5.41, 5.74) is 0.818. The van der Waals surface area contributed by atoms with Crippen molar-refractivity contribution in [3.8, 4) is 11.5 Å². The molecule has 1 aliphatic heterocycles. The molecule has 1 fully saturated rings. The summed E-state index contributed by atoms with van der Waals surface area (Å²) in [5.74, 6) is -0.707. The number of carbonyl (C=O) groups excluding carboxylic acids is 1. The molecule has 4 rings (SSSR count). The van der Waals surface area contributed by atoms with Gasteiger partial charge in [-0.2, -0.15) is 0 Å². The van der Waals surface area contributed by atoms with E-state index in [1.54, 1.807) is 4.90 Å². The number of nitrogens with zero attached hydrogens (tertiary/aromatic N) is 2. The van der Waals surface area contributed by atoms with Crippen LogP contribution in [0.3, 0.4) is 0 Å². The number of rotatable bonds is 8. The molecule has 2 aromatic carbocycles. The third-order valence-corrected chi connectivity index (χ3v) is 7.23. The standard InChI is InChI=1S/C30H37F2N3O3/c1-18-15-33-16-21(18)17-35(29(37)19(2)36)27(30(3,4)5)26-25(13-20-9-7-6-8-10-20)38-28(34-26)23-14-22(31)11-12-24(23)32/h6-12,14,18-19,21,27,33,36H,13,15-17H2,1-5H3/t18-,19-,21-,27+/m0/s1. The van der Waals surface area contributed by atoms with Crippen molar-refractivity contribution >= 4 is 5.91 Å². The lowest BCUT2D eigenvalue weighted by Crippen LogP contribution is -2.48. The number of carbonyl (C=O) groups is 1. The van der Waals surface area contributed by atoms with Crippen LogP contribution in [0.15, 0.2) is 52.9 Å². The van der Waals surface area contributed by atoms with Crippen LogP contribution in [0, 0.1) is 28.9 Å². The van der Waals surface area contributed by atoms with E-state index >= 15 is 0 Å². The van der Waals surface area contributed by atoms with Gasteiger partial charge >= 0.3 is 0 Å². The number of amides is 1. The summed E-state index contributed by atoms with van der Waals surface area (Å²) in [7, 11) is 0. The molecule has 1 amide bonds. The van der Waals surface area contributed by atoms with E-state index in [1.807, 2.05) is 51.1 Å². The van der Waals surface area contributed by atoms with Crippen molar-refractivity contribution < 1.29 is 23.1 Å². The molecule has 3 aromatic rings. The molecular formula is C30H37F2N3O3. The van der Waals surface area contributed by atoms with Gasteiger partial charge in [0.1, 0.15) is 29.2 Å². The Balaban J connectivity index is 1.88. The Kier molecular flexibility index (Phi) is 8.33. The molecule has 0 aliphatic carbocycles. The Morgan fingerprint density at radius 1 is 1.18 bits per heavy atom. The summed E-state index contributed by atoms with van der Waals surface area (Å²) in [5, 5.41) is 13.8. The average Bonchev–Trinajstić information content (AvgIpc) is 3.45. The van der Waals surface area contributed by atoms with E-state index in [4.69, 9.17) is 9.40 Å². The smallest absolute Gasteiger partial charge is 0.251 e. The Morgan fingerprint density at radius 2 is 1.89 bits per heavy atom. The summed E-state index contributed by atoms with van der Waals surface area (Å²) in [6, 6.07) is 12.2. The minimum absolute atomic E-state index is 0.0440. The molecule has 2 heterocycles. The Morgan fingerprint density at radius 3 is 2.50 bits per heavy atom. The van der Waals surface area contributed by atoms with Gasteiger partial charge in [0.2, 0.25) is 5.89 Å². The third-order valence-electron chi connectivity index (χ3n) is 7.23. The number of nitrogens with one attached hydrogen (secondary N) is 1. The van der Waals surface area contributed by atoms with Gasteiger partial charge < -0.3 is 19.7 Å². The van der Waals surface area contributed by atoms with Gasteiger partial charge in [-0.15, -0.1) is 0 Å². The van der Waals surface area contributed by atoms with Gasteiger partial charge in [0, 0.05) is 13.0 Å². The van der Waals surface area contributed by atoms with Crippen molar-refractivity contribution in [1.29, 1.82) is 0 Å². The summed E-state index contributed by atoms with van der Waals surface area (Å²) < 4.78 is 35.1. The quantitative estimate of drug-likeness (QED) is 0.414. The van der Waals surface area contributed by atoms with Crippen LogP contribution in [-0.2, 0) is 11.2 Å². The second-order valence-corrected chi connectivity index (χ2v) is 11.4. The van der Waals surface area contributed by atoms with Crippen LogP contribution < -0.4 is 5.32 Å². The molecule has 0 radical (unpaired) electrons. The first kappa shape index (κ1) is 27.9. The van der Waals surface area contributed by atoms with Gasteiger partial charge in [0.05, 0.1) is 11.6 Å². The van der Waals surface area contributed by atoms with Crippen molar-refractivity contribution in [1.82, 2.24) is 15.2 Å². The first-order chi connectivity index (χ1) is 18.0. The number of aliphatic hydroxyl groups excluding tert-OH is 1. The minimum Gasteiger partial charge on any atom is -0.440 e. The van der Waals surface area contributed by atoms with Crippen LogP contribution in [-0.4, -0.2) is 46.6 Å². The highest BCUT2D eigenvalue weighted by atomic mass is 19.1. The maximum atomic E-state index is 14.8. The molecule has 0 bridgehead atoms. The van der Waals surface area contributed by atoms with E-state index in [0.29, 0.717) is 30.3 Å². The zero-order valence-electron chi connectivity index (χ0n) is 22.7. The normalized spacial score (nSPS) is 19.4. The van der Waals surface area contributed by atoms with E-state index in [9.17, 15) is 18.7 Å². The summed E-state index contributed by atoms with van der Waals surface area (Å²) >= 11 is 0. The topological polar surface area (TPSA) is 78.6 Å². The lowest BCUT2D eigenvalue weighted by atomic mass is 9.81. The van der Waals surface area contributed by atoms with Crippen LogP contribution >= 0.6 is 0 Å². The van der Waals surface area contributed by atoms with Crippen molar-refractivity contribution in [3.05, 3.63) is 77.2 Å². The molecule has 1 aromatic heterocycles. The Labute approximate surface area is 223 Å². The number of aromatic nitrogens is 1. The van der Waals surface area contributed by atoms with Crippen LogP contribution in [0.25, 0.3) is 11.5 Å². The second kappa shape index (κ2) is 11.3. The lowest BCUT2D eigenvalue weighted by Gasteiger charge is -2.41. The molecular weight excluding hydrogens is 488 g/mol. The van der Waals surface area contributed by atoms with Gasteiger partial charge in [-0.25, -0.2) is 13.8 Å². The molecule has 1 saturated heterocycles. The van der Waals surface area contributed by atoms with Gasteiger partial charge in [-0.3, -0.25) is 4.79 Å². The van der Waals surface area contributed by atoms with E-state index in [1.165, 1.54) is 6.92 Å². The van der Waals surface area contributed by atoms with Crippen LogP contribution in [0.5, 0.6) is 0 Å². The number of hydrogen-bond acceptors (Lipinski definition) is 5. The van der Waals surface area contributed by atoms with E-state index < -0.39 is 35.1 Å². The highest BCUT2D eigenvalue weighted by Crippen LogP contribution is 2.42. The number of hydrogen-bond donors (Lipinski definition) is 2. The maximum absolute atomic E-state index is 14.8. The minimum atomic E-state index is -1.21. The first-order valence-electron chi connectivity index (χ1n) is 13.1. The fraction of sp³-hybridized carbons (Fsp3) is 0.467. The molecule has 1 aliphatic rings. The lowest BCUT2D eigenvalue weighted by molar-refractivity contribution is -0.145. The van der Waals surface area contributed by atoms with Crippen LogP contribution in [0.1, 0.15) is 57.7 Å². The van der Waals surface area contributed by atoms with Gasteiger partial charge in [0.25, 0.3) is 5.91 Å². The Bertz CT molecular complexity index is 1250. The fourth-order valence-corrected chi connectivity index (χ4v) is 5.21. The SMILES string of the molecule is C[C@H](O)C(=O)N(C[C@@H]1CNC[C@@H]1C)[C@H](c1nc(-c2cc(F)ccc2F)oc1Cc1ccccc1)C(C)(C)C. The number of halogens is 2. The molecule has 38 heavy (non-hydrogen) atoms. The summed E-state index contributed by atoms with van der Waals surface area (Å²) in [4.78, 5) is 20.0. The van der Waals surface area contributed by atoms with E-state index in [2.05, 4.69) is 12.2 Å². The van der Waals surface area contributed by atoms with E-state index in [-0.39, 0.29) is 17.4 Å². The second-order valence-electron chi connectivity index (χ2n) is 11.4. The predicted molar refractivity (Wildman–Crippen MR) is 142 cm³/mol. The maximum Gasteiger partial charge on any atom is 0.251 e. The van der Waals surface area contributed by atoms with Gasteiger partial charge in [-0.1, -0.05) is 58.0 Å². The van der Waals surface area contributed by atoms with Crippen molar-refractivity contribution in [3.63, 3.8) is 0 Å². The highest BCUT2D eigenvalue weighted by Gasteiger charge is 2.42. The summed E-state index contributed by atoms with van der Waals surface area (Å²) in [6.07, 6.45) is -0.862. The largest absolute Gasteiger partial charge is 0.440 e. The fourth-order valence-electron chi connectivity index (χ4n) is 5.21. The molecule has 8 heteroatoms. The number of oxazole rings is 1. The van der Waals surface area contributed by atoms with Crippen LogP contribution in [0.2, 0.25) is 0 Å². The van der Waals surface area contributed by atoms with E-state index in [0.717, 1.165) is 36.9 Å². The molecule has 0 unspecified atom stereocenters. The van der Waals surface area contributed by atoms with Crippen molar-refractivity contribution in [2.45, 2.75) is 53.2 Å². The predicted octanol–water partition coefficient (Wildman–Crippen LogP) is 5.36. The van der Waals surface area contributed by atoms with Gasteiger partial charge in [0.15, 0.2) is 0 Å². The molecule has 0 saturated carbocycles. The van der Waals surface area contributed by atoms with Crippen molar-refractivity contribution in [2.75, 3.05) is 19.6 Å². The van der Waals surface area contributed by atoms with Gasteiger partial charge in [-0.05, 0) is 61.0 Å². The summed E-state index contributed by atoms with van der Waals surface area (Å²) in [6.45, 7) is 11.6. The zero-order chi connectivity index (χ0) is 27.6. The third kappa shape index (κ3) is 6.13. The zero-order valence-corrected chi connectivity index (χ0v) is 22.7. The number of aliphatic hydroxyl groups is 1. The average molecular weight is 526 g/mol. The van der Waals surface area contributed by atoms with Crippen LogP contribution in [0.4, 0.5) is 8.78 Å². The van der Waals surface area contributed by atoms with Crippen molar-refractivity contribution in [2.24, 2.45) is 17.3 Å². The molecule has 2 N–H and O–H groups in total. The molecule has 204 valence electrons. The monoisotopic (exact) mass is 525 g/mol. The number of benzene rings is 2. The Hall–Kier alpha value is -3.10. The molecule has 0 spiro atoms.